The molecule has 1 unspecified atom stereocenters. The Hall–Kier alpha value is -1.30. The molecule has 0 aliphatic heterocycles. The van der Waals surface area contributed by atoms with Crippen LogP contribution in [0.3, 0.4) is 0 Å². The topological polar surface area (TPSA) is 52.5 Å². The summed E-state index contributed by atoms with van der Waals surface area (Å²) in [5, 5.41) is 9.17. The first-order chi connectivity index (χ1) is 10.8. The van der Waals surface area contributed by atoms with Gasteiger partial charge in [-0.2, -0.15) is 5.26 Å². The first-order valence-electron chi connectivity index (χ1n) is 9.25. The monoisotopic (exact) mass is 303 g/mol. The fourth-order valence-electron chi connectivity index (χ4n) is 2.86. The van der Waals surface area contributed by atoms with Crippen LogP contribution in [0.4, 0.5) is 0 Å². The number of aryl methyl sites for hydroxylation is 1. The van der Waals surface area contributed by atoms with E-state index in [1.165, 1.54) is 57.8 Å². The summed E-state index contributed by atoms with van der Waals surface area (Å²) in [5.41, 5.74) is 0.996. The van der Waals surface area contributed by atoms with Crippen molar-refractivity contribution in [1.82, 2.24) is 9.97 Å². The summed E-state index contributed by atoms with van der Waals surface area (Å²) in [4.78, 5) is 7.77. The highest BCUT2D eigenvalue weighted by molar-refractivity contribution is 5.15. The molecule has 0 fully saturated rings. The number of hydrogen-bond donors (Lipinski definition) is 1. The van der Waals surface area contributed by atoms with Crippen LogP contribution < -0.4 is 0 Å². The zero-order valence-electron chi connectivity index (χ0n) is 14.5. The second-order valence-corrected chi connectivity index (χ2v) is 6.33. The van der Waals surface area contributed by atoms with E-state index < -0.39 is 0 Å². The Kier molecular flexibility index (Phi) is 10.5. The number of hydrogen-bond acceptors (Lipinski definition) is 2. The second kappa shape index (κ2) is 12.3. The van der Waals surface area contributed by atoms with Crippen LogP contribution in [0.25, 0.3) is 0 Å². The van der Waals surface area contributed by atoms with Crippen molar-refractivity contribution in [1.29, 1.82) is 5.26 Å². The van der Waals surface area contributed by atoms with E-state index in [1.54, 1.807) is 0 Å². The molecule has 0 bridgehead atoms. The number of nitrogens with zero attached hydrogens (tertiary/aromatic N) is 2. The van der Waals surface area contributed by atoms with E-state index >= 15 is 0 Å². The average molecular weight is 303 g/mol. The molecule has 0 aliphatic rings. The minimum Gasteiger partial charge on any atom is -0.345 e. The lowest BCUT2D eigenvalue weighted by molar-refractivity contribution is 0.562. The summed E-state index contributed by atoms with van der Waals surface area (Å²) in [7, 11) is 0. The lowest BCUT2D eigenvalue weighted by Crippen LogP contribution is -1.96. The van der Waals surface area contributed by atoms with Gasteiger partial charge < -0.3 is 4.98 Å². The van der Waals surface area contributed by atoms with Crippen molar-refractivity contribution in [2.24, 2.45) is 0 Å². The van der Waals surface area contributed by atoms with Crippen LogP contribution in [0.5, 0.6) is 0 Å². The molecule has 0 saturated heterocycles. The molecule has 22 heavy (non-hydrogen) atoms. The van der Waals surface area contributed by atoms with Gasteiger partial charge in [0.2, 0.25) is 0 Å². The number of H-pyrrole nitrogens is 1. The summed E-state index contributed by atoms with van der Waals surface area (Å²) in [5.74, 6) is 1.03. The van der Waals surface area contributed by atoms with Crippen LogP contribution >= 0.6 is 0 Å². The number of aromatic nitrogens is 2. The molecular weight excluding hydrogens is 270 g/mol. The fraction of sp³-hybridized carbons (Fsp3) is 0.789. The highest BCUT2D eigenvalue weighted by Crippen LogP contribution is 2.19. The Morgan fingerprint density at radius 1 is 1.00 bits per heavy atom. The predicted molar refractivity (Wildman–Crippen MR) is 92.8 cm³/mol. The first-order valence-corrected chi connectivity index (χ1v) is 9.25. The van der Waals surface area contributed by atoms with Gasteiger partial charge >= 0.3 is 0 Å². The molecule has 1 aromatic heterocycles. The quantitative estimate of drug-likeness (QED) is 0.462. The van der Waals surface area contributed by atoms with Crippen LogP contribution in [0.2, 0.25) is 0 Å². The van der Waals surface area contributed by atoms with E-state index in [9.17, 15) is 5.26 Å². The predicted octanol–water partition coefficient (Wildman–Crippen LogP) is 5.89. The molecule has 0 spiro atoms. The van der Waals surface area contributed by atoms with Gasteiger partial charge in [-0.15, -0.1) is 0 Å². The van der Waals surface area contributed by atoms with Gasteiger partial charge in [-0.3, -0.25) is 0 Å². The molecule has 0 radical (unpaired) electrons. The average Bonchev–Trinajstić information content (AvgIpc) is 2.99. The maximum Gasteiger partial charge on any atom is 0.106 e. The molecule has 0 amide bonds. The Bertz CT molecular complexity index is 417. The van der Waals surface area contributed by atoms with Gasteiger partial charge in [0.25, 0.3) is 0 Å². The van der Waals surface area contributed by atoms with Crippen molar-refractivity contribution in [3.05, 3.63) is 17.7 Å². The minimum absolute atomic E-state index is 0.0191. The summed E-state index contributed by atoms with van der Waals surface area (Å²) >= 11 is 0. The molecular formula is C19H33N3. The third kappa shape index (κ3) is 7.64. The van der Waals surface area contributed by atoms with Gasteiger partial charge in [0.05, 0.1) is 17.7 Å². The maximum absolute atomic E-state index is 9.17. The minimum atomic E-state index is -0.0191. The molecule has 1 heterocycles. The Balaban J connectivity index is 2.10. The van der Waals surface area contributed by atoms with E-state index in [0.29, 0.717) is 0 Å². The summed E-state index contributed by atoms with van der Waals surface area (Å²) < 4.78 is 0. The molecule has 0 aliphatic carbocycles. The third-order valence-corrected chi connectivity index (χ3v) is 4.27. The Morgan fingerprint density at radius 2 is 1.64 bits per heavy atom. The standard InChI is InChI=1S/C19H33N3/c1-3-5-6-7-8-9-10-11-12-14-19-21-16-18(22-19)17(15-20)13-4-2/h16-17H,3-14H2,1-2H3,(H,21,22). The highest BCUT2D eigenvalue weighted by atomic mass is 14.9. The second-order valence-electron chi connectivity index (χ2n) is 6.33. The number of nitriles is 1. The smallest absolute Gasteiger partial charge is 0.106 e. The van der Waals surface area contributed by atoms with Gasteiger partial charge in [0, 0.05) is 12.6 Å². The summed E-state index contributed by atoms with van der Waals surface area (Å²) in [6.07, 6.45) is 17.0. The molecule has 1 atom stereocenters. The van der Waals surface area contributed by atoms with E-state index in [2.05, 4.69) is 29.9 Å². The molecule has 124 valence electrons. The lowest BCUT2D eigenvalue weighted by atomic mass is 10.0. The normalized spacial score (nSPS) is 12.2. The zero-order valence-corrected chi connectivity index (χ0v) is 14.5. The van der Waals surface area contributed by atoms with Gasteiger partial charge in [-0.05, 0) is 12.8 Å². The van der Waals surface area contributed by atoms with Crippen molar-refractivity contribution < 1.29 is 0 Å². The van der Waals surface area contributed by atoms with Crippen LogP contribution in [0.1, 0.15) is 102 Å². The maximum atomic E-state index is 9.17. The highest BCUT2D eigenvalue weighted by Gasteiger charge is 2.12. The first kappa shape index (κ1) is 18.7. The molecule has 0 aromatic carbocycles. The van der Waals surface area contributed by atoms with Gasteiger partial charge in [0.15, 0.2) is 0 Å². The fourth-order valence-corrected chi connectivity index (χ4v) is 2.86. The van der Waals surface area contributed by atoms with Crippen molar-refractivity contribution in [2.45, 2.75) is 96.8 Å². The van der Waals surface area contributed by atoms with Crippen LogP contribution in [-0.4, -0.2) is 9.97 Å². The van der Waals surface area contributed by atoms with Gasteiger partial charge in [-0.25, -0.2) is 4.98 Å². The largest absolute Gasteiger partial charge is 0.345 e. The number of unbranched alkanes of at least 4 members (excludes halogenated alkanes) is 8. The third-order valence-electron chi connectivity index (χ3n) is 4.27. The van der Waals surface area contributed by atoms with E-state index in [4.69, 9.17) is 0 Å². The molecule has 3 nitrogen and oxygen atoms in total. The van der Waals surface area contributed by atoms with Crippen LogP contribution in [0.15, 0.2) is 6.20 Å². The molecule has 1 aromatic rings. The molecule has 0 saturated carbocycles. The molecule has 3 heteroatoms. The van der Waals surface area contributed by atoms with Crippen molar-refractivity contribution in [3.63, 3.8) is 0 Å². The van der Waals surface area contributed by atoms with Gasteiger partial charge in [0.1, 0.15) is 5.82 Å². The molecule has 1 rings (SSSR count). The summed E-state index contributed by atoms with van der Waals surface area (Å²) in [6, 6.07) is 2.37. The number of rotatable bonds is 13. The Morgan fingerprint density at radius 3 is 2.23 bits per heavy atom. The van der Waals surface area contributed by atoms with E-state index in [0.717, 1.165) is 30.8 Å². The van der Waals surface area contributed by atoms with Crippen LogP contribution in [0, 0.1) is 11.3 Å². The van der Waals surface area contributed by atoms with Crippen molar-refractivity contribution in [3.8, 4) is 6.07 Å². The zero-order chi connectivity index (χ0) is 16.0. The Labute approximate surface area is 136 Å². The SMILES string of the molecule is CCCCCCCCCCCc1ncc(C(C#N)CCC)[nH]1. The molecule has 1 N–H and O–H groups in total. The summed E-state index contributed by atoms with van der Waals surface area (Å²) in [6.45, 7) is 4.38. The lowest BCUT2D eigenvalue weighted by Gasteiger charge is -2.03. The van der Waals surface area contributed by atoms with Gasteiger partial charge in [-0.1, -0.05) is 71.6 Å². The van der Waals surface area contributed by atoms with Crippen molar-refractivity contribution >= 4 is 0 Å². The number of nitrogens with one attached hydrogen (secondary N) is 1. The number of aromatic amines is 1. The van der Waals surface area contributed by atoms with E-state index in [-0.39, 0.29) is 5.92 Å². The van der Waals surface area contributed by atoms with Crippen molar-refractivity contribution in [2.75, 3.05) is 0 Å². The van der Waals surface area contributed by atoms with E-state index in [1.807, 2.05) is 6.20 Å². The number of imidazole rings is 1. The van der Waals surface area contributed by atoms with Crippen LogP contribution in [-0.2, 0) is 6.42 Å².